The van der Waals surface area contributed by atoms with Crippen LogP contribution >= 0.6 is 0 Å². The molecule has 16 heteroatoms. The molecule has 316 valence electrons. The topological polar surface area (TPSA) is 204 Å². The zero-order valence-corrected chi connectivity index (χ0v) is 35.0. The first-order valence-corrected chi connectivity index (χ1v) is 20.5. The number of methoxy groups -OCH3 is 2. The summed E-state index contributed by atoms with van der Waals surface area (Å²) in [5.74, 6) is 0.513. The highest BCUT2D eigenvalue weighted by atomic mass is 16.5. The van der Waals surface area contributed by atoms with E-state index in [9.17, 15) is 24.0 Å². The average molecular weight is 820 g/mol. The number of aromatic amines is 2. The summed E-state index contributed by atoms with van der Waals surface area (Å²) in [7, 11) is 2.56. The maximum Gasteiger partial charge on any atom is 0.407 e. The molecule has 3 aromatic carbocycles. The second-order valence-corrected chi connectivity index (χ2v) is 16.2. The smallest absolute Gasteiger partial charge is 0.407 e. The van der Waals surface area contributed by atoms with Gasteiger partial charge in [0.15, 0.2) is 0 Å². The first-order valence-electron chi connectivity index (χ1n) is 20.5. The van der Waals surface area contributed by atoms with E-state index in [1.807, 2.05) is 82.3 Å². The lowest BCUT2D eigenvalue weighted by Gasteiger charge is -2.29. The number of benzene rings is 3. The van der Waals surface area contributed by atoms with Crippen molar-refractivity contribution in [1.82, 2.24) is 40.4 Å². The van der Waals surface area contributed by atoms with Crippen LogP contribution in [0.4, 0.5) is 15.3 Å². The maximum absolute atomic E-state index is 13.7. The van der Waals surface area contributed by atoms with Gasteiger partial charge in [0.1, 0.15) is 23.7 Å². The highest BCUT2D eigenvalue weighted by Crippen LogP contribution is 2.38. The van der Waals surface area contributed by atoms with Crippen molar-refractivity contribution in [3.8, 4) is 22.3 Å². The largest absolute Gasteiger partial charge is 0.453 e. The lowest BCUT2D eigenvalue weighted by Crippen LogP contribution is -2.51. The standard InChI is InChI=1S/C44H53N9O7/c1-23(2)37(50-43(57)59-6)41(55)52-18-8-10-35(52)39-46-30-16-13-27(21-33(30)48-39)26-12-15-29(32(20-26)45-25(5)54)28-14-17-31-34(22-28)49-40(47-31)36-11-9-19-53(36)42(56)38(24(3)4)51-44(58)60-7/h12-17,20-24,35-38H,8-11,18-19H2,1-7H3,(H,45,54)(H,46,48)(H,47,49)(H,50,57)(H,51,58)/t35-,36-,37-,38-/m0/s1. The molecule has 16 nitrogen and oxygen atoms in total. The number of nitrogens with one attached hydrogen (secondary N) is 5. The third-order valence-corrected chi connectivity index (χ3v) is 11.5. The summed E-state index contributed by atoms with van der Waals surface area (Å²) >= 11 is 0. The lowest BCUT2D eigenvalue weighted by atomic mass is 9.97. The van der Waals surface area contributed by atoms with E-state index in [0.717, 1.165) is 70.0 Å². The van der Waals surface area contributed by atoms with Crippen molar-refractivity contribution in [2.75, 3.05) is 32.6 Å². The molecule has 5 N–H and O–H groups in total. The van der Waals surface area contributed by atoms with Gasteiger partial charge >= 0.3 is 12.2 Å². The molecule has 0 unspecified atom stereocenters. The number of amides is 5. The zero-order chi connectivity index (χ0) is 42.8. The van der Waals surface area contributed by atoms with Crippen LogP contribution < -0.4 is 16.0 Å². The van der Waals surface area contributed by atoms with Crippen molar-refractivity contribution in [1.29, 1.82) is 0 Å². The first kappa shape index (κ1) is 41.7. The van der Waals surface area contributed by atoms with Crippen LogP contribution in [0.1, 0.15) is 84.0 Å². The minimum Gasteiger partial charge on any atom is -0.453 e. The molecule has 0 radical (unpaired) electrons. The summed E-state index contributed by atoms with van der Waals surface area (Å²) in [6, 6.07) is 15.7. The van der Waals surface area contributed by atoms with Crippen molar-refractivity contribution in [3.05, 3.63) is 66.2 Å². The molecule has 7 rings (SSSR count). The Balaban J connectivity index is 1.14. The number of nitrogens with zero attached hydrogens (tertiary/aromatic N) is 4. The lowest BCUT2D eigenvalue weighted by molar-refractivity contribution is -0.136. The number of likely N-dealkylation sites (tertiary alicyclic amines) is 2. The predicted octanol–water partition coefficient (Wildman–Crippen LogP) is 6.82. The van der Waals surface area contributed by atoms with E-state index in [1.165, 1.54) is 21.1 Å². The van der Waals surface area contributed by atoms with Gasteiger partial charge in [-0.05, 0) is 84.5 Å². The van der Waals surface area contributed by atoms with Crippen molar-refractivity contribution < 1.29 is 33.4 Å². The Morgan fingerprint density at radius 2 is 1.18 bits per heavy atom. The number of fused-ring (bicyclic) bond motifs is 2. The highest BCUT2D eigenvalue weighted by molar-refractivity contribution is 5.97. The quantitative estimate of drug-likeness (QED) is 0.0948. The fourth-order valence-electron chi connectivity index (χ4n) is 8.37. The number of imidazole rings is 2. The molecule has 5 aromatic rings. The summed E-state index contributed by atoms with van der Waals surface area (Å²) in [4.78, 5) is 84.3. The molecule has 60 heavy (non-hydrogen) atoms. The molecule has 4 heterocycles. The summed E-state index contributed by atoms with van der Waals surface area (Å²) in [6.07, 6.45) is 1.79. The first-order chi connectivity index (χ1) is 28.8. The molecule has 2 aromatic heterocycles. The molecule has 0 aliphatic carbocycles. The number of anilines is 1. The number of carbonyl (C=O) groups excluding carboxylic acids is 5. The number of rotatable bonds is 11. The molecule has 0 bridgehead atoms. The Morgan fingerprint density at radius 1 is 0.667 bits per heavy atom. The van der Waals surface area contributed by atoms with Crippen molar-refractivity contribution in [2.24, 2.45) is 11.8 Å². The molecular weight excluding hydrogens is 767 g/mol. The molecule has 2 aliphatic rings. The molecule has 4 atom stereocenters. The number of H-pyrrole nitrogens is 2. The molecule has 2 aliphatic heterocycles. The second kappa shape index (κ2) is 17.4. The summed E-state index contributed by atoms with van der Waals surface area (Å²) in [5.41, 5.74) is 7.17. The van der Waals surface area contributed by atoms with Crippen LogP contribution in [0.15, 0.2) is 54.6 Å². The Bertz CT molecular complexity index is 2440. The van der Waals surface area contributed by atoms with E-state index < -0.39 is 24.3 Å². The van der Waals surface area contributed by atoms with Crippen molar-refractivity contribution >= 4 is 57.7 Å². The van der Waals surface area contributed by atoms with Crippen LogP contribution in [0, 0.1) is 11.8 Å². The van der Waals surface area contributed by atoms with Gasteiger partial charge in [0.05, 0.1) is 48.4 Å². The van der Waals surface area contributed by atoms with Gasteiger partial charge in [0.2, 0.25) is 17.7 Å². The number of aromatic nitrogens is 4. The van der Waals surface area contributed by atoms with Crippen LogP contribution in [-0.2, 0) is 23.9 Å². The van der Waals surface area contributed by atoms with Crippen LogP contribution in [-0.4, -0.2) is 99.0 Å². The zero-order valence-electron chi connectivity index (χ0n) is 35.0. The maximum atomic E-state index is 13.7. The van der Waals surface area contributed by atoms with Gasteiger partial charge in [-0.1, -0.05) is 52.0 Å². The molecule has 0 spiro atoms. The van der Waals surface area contributed by atoms with Gasteiger partial charge < -0.3 is 45.2 Å². The predicted molar refractivity (Wildman–Crippen MR) is 227 cm³/mol. The Labute approximate surface area is 348 Å². The van der Waals surface area contributed by atoms with Crippen LogP contribution in [0.3, 0.4) is 0 Å². The van der Waals surface area contributed by atoms with Crippen LogP contribution in [0.25, 0.3) is 44.3 Å². The SMILES string of the molecule is COC(=O)N[C@H](C(=O)N1CCC[C@H]1c1nc2cc(-c3ccc(-c4ccc5nc([C@@H]6CCCN6C(=O)[C@@H](NC(=O)OC)C(C)C)[nH]c5c4)cc3NC(C)=O)ccc2[nH]1)C(C)C. The van der Waals surface area contributed by atoms with Gasteiger partial charge in [-0.15, -0.1) is 0 Å². The molecule has 0 saturated carbocycles. The van der Waals surface area contributed by atoms with Gasteiger partial charge in [-0.3, -0.25) is 14.4 Å². The Kier molecular flexibility index (Phi) is 12.1. The number of alkyl carbamates (subject to hydrolysis) is 2. The number of hydrogen-bond donors (Lipinski definition) is 5. The molecule has 5 amide bonds. The summed E-state index contributed by atoms with van der Waals surface area (Å²) in [6.45, 7) is 10.1. The molecular formula is C44H53N9O7. The average Bonchev–Trinajstić information content (AvgIpc) is 4.06. The fourth-order valence-corrected chi connectivity index (χ4v) is 8.37. The third kappa shape index (κ3) is 8.49. The number of ether oxygens (including phenoxy) is 2. The van der Waals surface area contributed by atoms with Crippen molar-refractivity contribution in [3.63, 3.8) is 0 Å². The highest BCUT2D eigenvalue weighted by Gasteiger charge is 2.39. The summed E-state index contributed by atoms with van der Waals surface area (Å²) in [5, 5.41) is 8.41. The Morgan fingerprint density at radius 3 is 1.73 bits per heavy atom. The number of carbonyl (C=O) groups is 5. The van der Waals surface area contributed by atoms with Gasteiger partial charge in [0.25, 0.3) is 0 Å². The monoisotopic (exact) mass is 819 g/mol. The molecule has 2 saturated heterocycles. The normalized spacial score (nSPS) is 17.6. The summed E-state index contributed by atoms with van der Waals surface area (Å²) < 4.78 is 9.55. The molecule has 2 fully saturated rings. The van der Waals surface area contributed by atoms with Crippen molar-refractivity contribution in [2.45, 2.75) is 84.5 Å². The fraction of sp³-hybridized carbons (Fsp3) is 0.432. The Hall–Kier alpha value is -6.45. The van der Waals surface area contributed by atoms with E-state index in [4.69, 9.17) is 19.4 Å². The third-order valence-electron chi connectivity index (χ3n) is 11.5. The minimum atomic E-state index is -0.731. The van der Waals surface area contributed by atoms with Gasteiger partial charge in [-0.2, -0.15) is 0 Å². The number of hydrogen-bond acceptors (Lipinski definition) is 9. The van der Waals surface area contributed by atoms with Gasteiger partial charge in [0, 0.05) is 31.3 Å². The van der Waals surface area contributed by atoms with E-state index in [-0.39, 0.29) is 41.6 Å². The van der Waals surface area contributed by atoms with Gasteiger partial charge in [-0.25, -0.2) is 19.6 Å². The van der Waals surface area contributed by atoms with Crippen LogP contribution in [0.5, 0.6) is 0 Å². The van der Waals surface area contributed by atoms with Crippen LogP contribution in [0.2, 0.25) is 0 Å². The van der Waals surface area contributed by atoms with E-state index in [1.54, 1.807) is 9.80 Å². The minimum absolute atomic E-state index is 0.139. The van der Waals surface area contributed by atoms with E-state index >= 15 is 0 Å². The van der Waals surface area contributed by atoms with E-state index in [2.05, 4.69) is 25.9 Å². The second-order valence-electron chi connectivity index (χ2n) is 16.2. The van der Waals surface area contributed by atoms with E-state index in [0.29, 0.717) is 30.4 Å².